The van der Waals surface area contributed by atoms with Crippen LogP contribution in [0.15, 0.2) is 30.5 Å². The van der Waals surface area contributed by atoms with Gasteiger partial charge in [-0.15, -0.1) is 11.6 Å². The Labute approximate surface area is 122 Å². The smallest absolute Gasteiger partial charge is 0.0885 e. The largest absolute Gasteiger partial charge is 0.373 e. The van der Waals surface area contributed by atoms with Gasteiger partial charge in [-0.1, -0.05) is 17.7 Å². The third kappa shape index (κ3) is 2.45. The predicted octanol–water partition coefficient (Wildman–Crippen LogP) is 4.59. The van der Waals surface area contributed by atoms with E-state index in [4.69, 9.17) is 27.9 Å². The predicted molar refractivity (Wildman–Crippen MR) is 78.9 cm³/mol. The second-order valence-electron chi connectivity index (χ2n) is 4.88. The highest BCUT2D eigenvalue weighted by Gasteiger charge is 2.28. The van der Waals surface area contributed by atoms with Crippen molar-refractivity contribution in [3.8, 4) is 0 Å². The number of fused-ring (bicyclic) bond motifs is 1. The van der Waals surface area contributed by atoms with E-state index in [1.807, 2.05) is 24.3 Å². The van der Waals surface area contributed by atoms with E-state index in [2.05, 4.69) is 4.98 Å². The molecular formula is C15H15Cl2NO. The van der Waals surface area contributed by atoms with Crippen LogP contribution in [-0.4, -0.2) is 17.5 Å². The van der Waals surface area contributed by atoms with Gasteiger partial charge in [-0.05, 0) is 31.0 Å². The summed E-state index contributed by atoms with van der Waals surface area (Å²) >= 11 is 12.3. The minimum absolute atomic E-state index is 0.0286. The van der Waals surface area contributed by atoms with Gasteiger partial charge in [-0.25, -0.2) is 0 Å². The molecule has 1 aromatic carbocycles. The van der Waals surface area contributed by atoms with Crippen LogP contribution < -0.4 is 0 Å². The maximum atomic E-state index is 6.23. The lowest BCUT2D eigenvalue weighted by Gasteiger charge is -2.31. The number of alkyl halides is 1. The highest BCUT2D eigenvalue weighted by Crippen LogP contribution is 2.38. The van der Waals surface area contributed by atoms with Crippen LogP contribution in [0.4, 0.5) is 0 Å². The zero-order valence-electron chi connectivity index (χ0n) is 10.5. The molecule has 0 aliphatic carbocycles. The summed E-state index contributed by atoms with van der Waals surface area (Å²) in [4.78, 5) is 4.48. The van der Waals surface area contributed by atoms with E-state index < -0.39 is 0 Å². The van der Waals surface area contributed by atoms with E-state index in [-0.39, 0.29) is 6.10 Å². The van der Waals surface area contributed by atoms with Gasteiger partial charge < -0.3 is 4.74 Å². The Morgan fingerprint density at radius 3 is 3.05 bits per heavy atom. The van der Waals surface area contributed by atoms with Gasteiger partial charge in [0.05, 0.1) is 11.6 Å². The average Bonchev–Trinajstić information content (AvgIpc) is 2.48. The summed E-state index contributed by atoms with van der Waals surface area (Å²) in [5.74, 6) is 0.962. The third-order valence-electron chi connectivity index (χ3n) is 3.70. The fourth-order valence-electron chi connectivity index (χ4n) is 2.73. The zero-order valence-corrected chi connectivity index (χ0v) is 12.0. The van der Waals surface area contributed by atoms with Crippen LogP contribution in [0, 0.1) is 5.92 Å². The van der Waals surface area contributed by atoms with Crippen LogP contribution in [0.1, 0.15) is 24.5 Å². The number of aromatic nitrogens is 1. The molecule has 4 heteroatoms. The van der Waals surface area contributed by atoms with Crippen LogP contribution in [-0.2, 0) is 4.74 Å². The Hall–Kier alpha value is -0.830. The van der Waals surface area contributed by atoms with Crippen LogP contribution in [0.2, 0.25) is 5.02 Å². The summed E-state index contributed by atoms with van der Waals surface area (Å²) < 4.78 is 5.95. The van der Waals surface area contributed by atoms with Gasteiger partial charge in [0.15, 0.2) is 0 Å². The first-order valence-corrected chi connectivity index (χ1v) is 7.43. The van der Waals surface area contributed by atoms with Crippen molar-refractivity contribution in [2.45, 2.75) is 18.9 Å². The quantitative estimate of drug-likeness (QED) is 0.756. The van der Waals surface area contributed by atoms with Crippen molar-refractivity contribution in [2.75, 3.05) is 12.5 Å². The van der Waals surface area contributed by atoms with E-state index in [0.29, 0.717) is 11.8 Å². The van der Waals surface area contributed by atoms with Gasteiger partial charge >= 0.3 is 0 Å². The number of rotatable bonds is 2. The molecule has 0 saturated carbocycles. The second-order valence-corrected chi connectivity index (χ2v) is 5.60. The highest BCUT2D eigenvalue weighted by atomic mass is 35.5. The van der Waals surface area contributed by atoms with Gasteiger partial charge in [-0.2, -0.15) is 0 Å². The molecule has 3 rings (SSSR count). The standard InChI is InChI=1S/C15H15Cl2NO/c16-9-10-3-2-8-19-15(10)12-5-6-13(17)11-4-1-7-18-14(11)12/h1,4-7,10,15H,2-3,8-9H2. The molecule has 19 heavy (non-hydrogen) atoms. The summed E-state index contributed by atoms with van der Waals surface area (Å²) in [6.45, 7) is 0.787. The lowest BCUT2D eigenvalue weighted by molar-refractivity contribution is -0.0200. The van der Waals surface area contributed by atoms with E-state index in [9.17, 15) is 0 Å². The average molecular weight is 296 g/mol. The summed E-state index contributed by atoms with van der Waals surface area (Å²) in [6, 6.07) is 7.84. The Bertz CT molecular complexity index is 587. The molecule has 2 nitrogen and oxygen atoms in total. The van der Waals surface area contributed by atoms with Crippen molar-refractivity contribution in [1.82, 2.24) is 4.98 Å². The van der Waals surface area contributed by atoms with Gasteiger partial charge in [0.25, 0.3) is 0 Å². The van der Waals surface area contributed by atoms with Gasteiger partial charge in [0, 0.05) is 40.6 Å². The van der Waals surface area contributed by atoms with Crippen molar-refractivity contribution in [3.05, 3.63) is 41.0 Å². The molecule has 0 N–H and O–H groups in total. The minimum Gasteiger partial charge on any atom is -0.373 e. The maximum absolute atomic E-state index is 6.23. The van der Waals surface area contributed by atoms with Crippen molar-refractivity contribution in [1.29, 1.82) is 0 Å². The fourth-order valence-corrected chi connectivity index (χ4v) is 3.27. The molecule has 1 aliphatic heterocycles. The topological polar surface area (TPSA) is 22.1 Å². The van der Waals surface area contributed by atoms with E-state index in [1.54, 1.807) is 6.20 Å². The zero-order chi connectivity index (χ0) is 13.2. The number of hydrogen-bond donors (Lipinski definition) is 0. The Morgan fingerprint density at radius 1 is 1.32 bits per heavy atom. The monoisotopic (exact) mass is 295 g/mol. The van der Waals surface area contributed by atoms with Crippen molar-refractivity contribution in [3.63, 3.8) is 0 Å². The van der Waals surface area contributed by atoms with Gasteiger partial charge in [-0.3, -0.25) is 4.98 Å². The molecule has 2 aromatic rings. The molecule has 2 atom stereocenters. The molecular weight excluding hydrogens is 281 g/mol. The van der Waals surface area contributed by atoms with Gasteiger partial charge in [0.1, 0.15) is 0 Å². The Morgan fingerprint density at radius 2 is 2.21 bits per heavy atom. The van der Waals surface area contributed by atoms with Crippen molar-refractivity contribution in [2.24, 2.45) is 5.92 Å². The fraction of sp³-hybridized carbons (Fsp3) is 0.400. The lowest BCUT2D eigenvalue weighted by atomic mass is 9.90. The lowest BCUT2D eigenvalue weighted by Crippen LogP contribution is -2.24. The second kappa shape index (κ2) is 5.66. The first kappa shape index (κ1) is 13.2. The number of ether oxygens (including phenoxy) is 1. The third-order valence-corrected chi connectivity index (χ3v) is 4.42. The number of pyridine rings is 1. The van der Waals surface area contributed by atoms with Crippen molar-refractivity contribution >= 4 is 34.1 Å². The van der Waals surface area contributed by atoms with Crippen LogP contribution in [0.25, 0.3) is 10.9 Å². The molecule has 0 radical (unpaired) electrons. The molecule has 2 heterocycles. The SMILES string of the molecule is ClCC1CCCOC1c1ccc(Cl)c2cccnc12. The molecule has 0 amide bonds. The number of nitrogens with zero attached hydrogens (tertiary/aromatic N) is 1. The van der Waals surface area contributed by atoms with Crippen LogP contribution in [0.5, 0.6) is 0 Å². The maximum Gasteiger partial charge on any atom is 0.0885 e. The summed E-state index contributed by atoms with van der Waals surface area (Å²) in [5, 5.41) is 1.70. The molecule has 1 aromatic heterocycles. The molecule has 2 unspecified atom stereocenters. The Kier molecular flexibility index (Phi) is 3.92. The van der Waals surface area contributed by atoms with E-state index in [1.165, 1.54) is 0 Å². The van der Waals surface area contributed by atoms with E-state index in [0.717, 1.165) is 40.9 Å². The molecule has 0 bridgehead atoms. The van der Waals surface area contributed by atoms with Crippen molar-refractivity contribution < 1.29 is 4.74 Å². The number of benzene rings is 1. The molecule has 100 valence electrons. The molecule has 1 fully saturated rings. The normalized spacial score (nSPS) is 23.7. The minimum atomic E-state index is 0.0286. The first-order valence-electron chi connectivity index (χ1n) is 6.52. The molecule has 0 spiro atoms. The molecule has 1 aliphatic rings. The number of halogens is 2. The van der Waals surface area contributed by atoms with E-state index >= 15 is 0 Å². The van der Waals surface area contributed by atoms with Gasteiger partial charge in [0.2, 0.25) is 0 Å². The summed E-state index contributed by atoms with van der Waals surface area (Å²) in [5.41, 5.74) is 2.03. The molecule has 1 saturated heterocycles. The van der Waals surface area contributed by atoms with Crippen LogP contribution >= 0.6 is 23.2 Å². The summed E-state index contributed by atoms with van der Waals surface area (Å²) in [6.07, 6.45) is 4.00. The first-order chi connectivity index (χ1) is 9.31. The Balaban J connectivity index is 2.11. The number of hydrogen-bond acceptors (Lipinski definition) is 2. The highest BCUT2D eigenvalue weighted by molar-refractivity contribution is 6.35. The summed E-state index contributed by atoms with van der Waals surface area (Å²) in [7, 11) is 0. The van der Waals surface area contributed by atoms with Crippen LogP contribution in [0.3, 0.4) is 0 Å².